The van der Waals surface area contributed by atoms with E-state index in [0.29, 0.717) is 0 Å². The van der Waals surface area contributed by atoms with Gasteiger partial charge in [-0.15, -0.1) is 0 Å². The average molecular weight is 140 g/mol. The molecule has 1 atom stereocenters. The molecule has 0 aliphatic rings. The number of hydrogen-bond donors (Lipinski definition) is 1. The molecule has 0 saturated heterocycles. The molecule has 0 rings (SSSR count). The van der Waals surface area contributed by atoms with Gasteiger partial charge in [-0.3, -0.25) is 4.79 Å². The number of carbonyl (C=O) groups excluding carboxylic acids is 1. The molecule has 1 radical (unpaired) electrons. The van der Waals surface area contributed by atoms with E-state index in [1.165, 1.54) is 5.32 Å². The summed E-state index contributed by atoms with van der Waals surface area (Å²) in [4.78, 5) is 9.33. The molecular weight excluding hydrogens is 135 g/mol. The van der Waals surface area contributed by atoms with Gasteiger partial charge in [0.2, 0.25) is 0 Å². The molecule has 0 heterocycles. The highest BCUT2D eigenvalue weighted by molar-refractivity contribution is 5.47. The molecule has 9 heavy (non-hydrogen) atoms. The van der Waals surface area contributed by atoms with E-state index in [9.17, 15) is 18.0 Å². The van der Waals surface area contributed by atoms with Gasteiger partial charge < -0.3 is 5.32 Å². The molecule has 0 saturated carbocycles. The second kappa shape index (κ2) is 2.70. The molecule has 0 aliphatic heterocycles. The lowest BCUT2D eigenvalue weighted by Gasteiger charge is -2.12. The summed E-state index contributed by atoms with van der Waals surface area (Å²) >= 11 is 0. The number of halogens is 3. The predicted octanol–water partition coefficient (Wildman–Crippen LogP) is 0.594. The standard InChI is InChI=1S/C4H5F3NO/c1-3(8-2-9)4(5,6)7/h3H,1H3,(H,8,9)/t3-/m1/s1. The summed E-state index contributed by atoms with van der Waals surface area (Å²) < 4.78 is 34.2. The van der Waals surface area contributed by atoms with Crippen LogP contribution in [-0.4, -0.2) is 18.6 Å². The summed E-state index contributed by atoms with van der Waals surface area (Å²) in [6, 6.07) is -1.81. The van der Waals surface area contributed by atoms with Gasteiger partial charge in [0.1, 0.15) is 6.04 Å². The van der Waals surface area contributed by atoms with Crippen LogP contribution < -0.4 is 5.32 Å². The van der Waals surface area contributed by atoms with E-state index in [2.05, 4.69) is 0 Å². The van der Waals surface area contributed by atoms with Crippen LogP contribution in [0.1, 0.15) is 6.92 Å². The van der Waals surface area contributed by atoms with Gasteiger partial charge in [-0.2, -0.15) is 13.2 Å². The first-order chi connectivity index (χ1) is 3.98. The Balaban J connectivity index is 3.72. The van der Waals surface area contributed by atoms with Crippen molar-refractivity contribution in [3.63, 3.8) is 0 Å². The highest BCUT2D eigenvalue weighted by Crippen LogP contribution is 2.18. The summed E-state index contributed by atoms with van der Waals surface area (Å²) in [6.45, 7) is 0.838. The fourth-order valence-corrected chi connectivity index (χ4v) is 0.170. The third-order valence-electron chi connectivity index (χ3n) is 0.766. The quantitative estimate of drug-likeness (QED) is 0.559. The van der Waals surface area contributed by atoms with Gasteiger partial charge in [0.05, 0.1) is 0 Å². The van der Waals surface area contributed by atoms with Crippen LogP contribution in [0, 0.1) is 0 Å². The van der Waals surface area contributed by atoms with E-state index >= 15 is 0 Å². The van der Waals surface area contributed by atoms with E-state index in [1.54, 1.807) is 0 Å². The topological polar surface area (TPSA) is 29.1 Å². The minimum atomic E-state index is -4.36. The number of alkyl halides is 3. The van der Waals surface area contributed by atoms with E-state index in [4.69, 9.17) is 0 Å². The van der Waals surface area contributed by atoms with Crippen LogP contribution in [0.4, 0.5) is 13.2 Å². The van der Waals surface area contributed by atoms with Crippen molar-refractivity contribution in [3.05, 3.63) is 0 Å². The largest absolute Gasteiger partial charge is 0.408 e. The van der Waals surface area contributed by atoms with Crippen molar-refractivity contribution in [3.8, 4) is 0 Å². The van der Waals surface area contributed by atoms with Crippen molar-refractivity contribution in [1.82, 2.24) is 5.32 Å². The summed E-state index contributed by atoms with van der Waals surface area (Å²) in [7, 11) is 0. The average Bonchev–Trinajstić information content (AvgIpc) is 1.64. The lowest BCUT2D eigenvalue weighted by atomic mass is 10.3. The van der Waals surface area contributed by atoms with Gasteiger partial charge in [-0.05, 0) is 6.92 Å². The maximum Gasteiger partial charge on any atom is 0.408 e. The van der Waals surface area contributed by atoms with Gasteiger partial charge in [-0.25, -0.2) is 0 Å². The first-order valence-corrected chi connectivity index (χ1v) is 2.18. The Kier molecular flexibility index (Phi) is 2.48. The van der Waals surface area contributed by atoms with Crippen LogP contribution >= 0.6 is 0 Å². The molecule has 0 spiro atoms. The summed E-state index contributed by atoms with van der Waals surface area (Å²) in [5, 5.41) is 1.45. The van der Waals surface area contributed by atoms with Gasteiger partial charge in [-0.1, -0.05) is 0 Å². The zero-order valence-electron chi connectivity index (χ0n) is 4.62. The van der Waals surface area contributed by atoms with Crippen molar-refractivity contribution in [2.24, 2.45) is 0 Å². The lowest BCUT2D eigenvalue weighted by Crippen LogP contribution is -2.38. The number of rotatable bonds is 2. The van der Waals surface area contributed by atoms with Crippen LogP contribution in [0.25, 0.3) is 0 Å². The Morgan fingerprint density at radius 1 is 1.56 bits per heavy atom. The van der Waals surface area contributed by atoms with Crippen LogP contribution in [0.2, 0.25) is 0 Å². The maximum atomic E-state index is 11.4. The lowest BCUT2D eigenvalue weighted by molar-refractivity contribution is -0.147. The summed E-state index contributed by atoms with van der Waals surface area (Å²) in [6.07, 6.45) is -3.41. The Morgan fingerprint density at radius 2 is 2.00 bits per heavy atom. The van der Waals surface area contributed by atoms with Crippen molar-refractivity contribution >= 4 is 6.41 Å². The van der Waals surface area contributed by atoms with Crippen LogP contribution in [0.15, 0.2) is 0 Å². The molecule has 1 N–H and O–H groups in total. The monoisotopic (exact) mass is 140 g/mol. The van der Waals surface area contributed by atoms with Gasteiger partial charge in [0.15, 0.2) is 0 Å². The zero-order valence-corrected chi connectivity index (χ0v) is 4.62. The SMILES string of the molecule is C[C@@H](N[C]=O)C(F)(F)F. The predicted molar refractivity (Wildman–Crippen MR) is 24.3 cm³/mol. The van der Waals surface area contributed by atoms with Gasteiger partial charge >= 0.3 is 12.6 Å². The van der Waals surface area contributed by atoms with Crippen LogP contribution in [0.3, 0.4) is 0 Å². The molecule has 2 nitrogen and oxygen atoms in total. The molecule has 0 aromatic rings. The summed E-state index contributed by atoms with van der Waals surface area (Å²) in [5.74, 6) is 0. The zero-order chi connectivity index (χ0) is 7.49. The Bertz CT molecular complexity index is 100. The smallest absolute Gasteiger partial charge is 0.336 e. The summed E-state index contributed by atoms with van der Waals surface area (Å²) in [5.41, 5.74) is 0. The maximum absolute atomic E-state index is 11.4. The third-order valence-corrected chi connectivity index (χ3v) is 0.766. The Labute approximate surface area is 50.0 Å². The van der Waals surface area contributed by atoms with E-state index in [0.717, 1.165) is 13.3 Å². The first-order valence-electron chi connectivity index (χ1n) is 2.18. The fraction of sp³-hybridized carbons (Fsp3) is 0.750. The van der Waals surface area contributed by atoms with Crippen molar-refractivity contribution in [2.75, 3.05) is 0 Å². The molecular formula is C4H5F3NO. The minimum absolute atomic E-state index is 0.838. The molecule has 0 bridgehead atoms. The van der Waals surface area contributed by atoms with Gasteiger partial charge in [0, 0.05) is 0 Å². The molecule has 53 valence electrons. The second-order valence-electron chi connectivity index (χ2n) is 1.51. The minimum Gasteiger partial charge on any atom is -0.336 e. The Hall–Kier alpha value is -0.740. The number of nitrogens with one attached hydrogen (secondary N) is 1. The van der Waals surface area contributed by atoms with E-state index in [-0.39, 0.29) is 0 Å². The van der Waals surface area contributed by atoms with E-state index in [1.807, 2.05) is 0 Å². The van der Waals surface area contributed by atoms with Gasteiger partial charge in [0.25, 0.3) is 0 Å². The highest BCUT2D eigenvalue weighted by atomic mass is 19.4. The number of amides is 1. The van der Waals surface area contributed by atoms with Crippen LogP contribution in [0.5, 0.6) is 0 Å². The second-order valence-corrected chi connectivity index (χ2v) is 1.51. The van der Waals surface area contributed by atoms with E-state index < -0.39 is 12.2 Å². The highest BCUT2D eigenvalue weighted by Gasteiger charge is 2.35. The van der Waals surface area contributed by atoms with Crippen molar-refractivity contribution in [2.45, 2.75) is 19.1 Å². The molecule has 0 fully saturated rings. The van der Waals surface area contributed by atoms with Crippen molar-refractivity contribution in [1.29, 1.82) is 0 Å². The van der Waals surface area contributed by atoms with Crippen LogP contribution in [-0.2, 0) is 4.79 Å². The molecule has 0 aromatic carbocycles. The fourth-order valence-electron chi connectivity index (χ4n) is 0.170. The molecule has 0 unspecified atom stereocenters. The van der Waals surface area contributed by atoms with Crippen molar-refractivity contribution < 1.29 is 18.0 Å². The molecule has 1 amide bonds. The number of hydrogen-bond acceptors (Lipinski definition) is 1. The molecule has 0 aromatic heterocycles. The Morgan fingerprint density at radius 3 is 2.11 bits per heavy atom. The first kappa shape index (κ1) is 8.26. The third kappa shape index (κ3) is 2.94. The molecule has 0 aliphatic carbocycles. The normalized spacial score (nSPS) is 14.7. The molecule has 5 heteroatoms.